The third-order valence-electron chi connectivity index (χ3n) is 3.83. The van der Waals surface area contributed by atoms with Gasteiger partial charge in [0, 0.05) is 29.5 Å². The van der Waals surface area contributed by atoms with E-state index in [1.165, 1.54) is 0 Å². The van der Waals surface area contributed by atoms with Crippen LogP contribution in [0.5, 0.6) is 0 Å². The van der Waals surface area contributed by atoms with Gasteiger partial charge in [0.2, 0.25) is 0 Å². The molecular formula is C17H16N6. The second kappa shape index (κ2) is 5.01. The molecule has 6 nitrogen and oxygen atoms in total. The number of nitrogens with zero attached hydrogens (tertiary/aromatic N) is 6. The molecule has 0 unspecified atom stereocenters. The van der Waals surface area contributed by atoms with Crippen LogP contribution in [0.15, 0.2) is 43.0 Å². The Hall–Kier alpha value is -3.02. The van der Waals surface area contributed by atoms with Crippen molar-refractivity contribution < 1.29 is 0 Å². The highest BCUT2D eigenvalue weighted by Gasteiger charge is 2.15. The summed E-state index contributed by atoms with van der Waals surface area (Å²) in [4.78, 5) is 13.5. The van der Waals surface area contributed by atoms with Crippen LogP contribution in [0.3, 0.4) is 0 Å². The number of hydrogen-bond acceptors (Lipinski definition) is 4. The van der Waals surface area contributed by atoms with Gasteiger partial charge in [0.05, 0.1) is 23.6 Å². The van der Waals surface area contributed by atoms with E-state index in [4.69, 9.17) is 0 Å². The van der Waals surface area contributed by atoms with Gasteiger partial charge in [-0.2, -0.15) is 5.10 Å². The van der Waals surface area contributed by atoms with E-state index in [1.807, 2.05) is 66.6 Å². The minimum atomic E-state index is 0.808. The molecule has 0 aliphatic heterocycles. The zero-order valence-corrected chi connectivity index (χ0v) is 13.2. The van der Waals surface area contributed by atoms with Crippen molar-refractivity contribution in [2.45, 2.75) is 20.8 Å². The number of aromatic nitrogens is 6. The van der Waals surface area contributed by atoms with Gasteiger partial charge in [0.1, 0.15) is 5.82 Å². The summed E-state index contributed by atoms with van der Waals surface area (Å²) in [5.41, 5.74) is 5.68. The van der Waals surface area contributed by atoms with Crippen molar-refractivity contribution in [3.8, 4) is 17.1 Å². The zero-order valence-electron chi connectivity index (χ0n) is 13.2. The summed E-state index contributed by atoms with van der Waals surface area (Å²) >= 11 is 0. The molecule has 0 atom stereocenters. The summed E-state index contributed by atoms with van der Waals surface area (Å²) in [5.74, 6) is 0.808. The lowest BCUT2D eigenvalue weighted by molar-refractivity contribution is 0.886. The van der Waals surface area contributed by atoms with Gasteiger partial charge in [-0.1, -0.05) is 0 Å². The fourth-order valence-corrected chi connectivity index (χ4v) is 2.74. The van der Waals surface area contributed by atoms with Gasteiger partial charge < -0.3 is 0 Å². The maximum atomic E-state index is 4.63. The first-order valence-corrected chi connectivity index (χ1v) is 7.42. The van der Waals surface area contributed by atoms with Crippen molar-refractivity contribution in [3.63, 3.8) is 0 Å². The van der Waals surface area contributed by atoms with E-state index in [9.17, 15) is 0 Å². The van der Waals surface area contributed by atoms with Gasteiger partial charge in [-0.15, -0.1) is 0 Å². The Kier molecular flexibility index (Phi) is 2.97. The molecule has 6 heteroatoms. The molecule has 0 aliphatic rings. The number of fused-ring (bicyclic) bond motifs is 1. The monoisotopic (exact) mass is 304 g/mol. The third kappa shape index (κ3) is 2.19. The van der Waals surface area contributed by atoms with E-state index in [0.717, 1.165) is 39.8 Å². The van der Waals surface area contributed by atoms with Crippen LogP contribution in [0, 0.1) is 20.8 Å². The fraction of sp³-hybridized carbons (Fsp3) is 0.176. The predicted molar refractivity (Wildman–Crippen MR) is 87.6 cm³/mol. The Balaban J connectivity index is 1.93. The number of pyridine rings is 1. The lowest BCUT2D eigenvalue weighted by atomic mass is 10.2. The van der Waals surface area contributed by atoms with Gasteiger partial charge in [0.15, 0.2) is 5.65 Å². The van der Waals surface area contributed by atoms with Crippen molar-refractivity contribution in [2.24, 2.45) is 0 Å². The van der Waals surface area contributed by atoms with E-state index in [-0.39, 0.29) is 0 Å². The molecule has 4 rings (SSSR count). The molecule has 4 aromatic heterocycles. The Morgan fingerprint density at radius 2 is 1.83 bits per heavy atom. The molecule has 0 fully saturated rings. The van der Waals surface area contributed by atoms with Gasteiger partial charge in [0.25, 0.3) is 0 Å². The summed E-state index contributed by atoms with van der Waals surface area (Å²) in [5, 5.41) is 4.45. The molecule has 114 valence electrons. The third-order valence-corrected chi connectivity index (χ3v) is 3.83. The average molecular weight is 304 g/mol. The maximum absolute atomic E-state index is 4.63. The Morgan fingerprint density at radius 3 is 2.61 bits per heavy atom. The molecule has 0 radical (unpaired) electrons. The van der Waals surface area contributed by atoms with Crippen LogP contribution in [0.25, 0.3) is 22.7 Å². The summed E-state index contributed by atoms with van der Waals surface area (Å²) in [6.07, 6.45) is 7.36. The summed E-state index contributed by atoms with van der Waals surface area (Å²) in [6.45, 7) is 5.98. The Bertz CT molecular complexity index is 994. The smallest absolute Gasteiger partial charge is 0.166 e. The second-order valence-electron chi connectivity index (χ2n) is 5.61. The highest BCUT2D eigenvalue weighted by molar-refractivity contribution is 5.73. The van der Waals surface area contributed by atoms with Crippen molar-refractivity contribution in [3.05, 3.63) is 60.1 Å². The average Bonchev–Trinajstić information content (AvgIpc) is 3.14. The molecule has 0 N–H and O–H groups in total. The van der Waals surface area contributed by atoms with E-state index < -0.39 is 0 Å². The molecule has 0 aromatic carbocycles. The van der Waals surface area contributed by atoms with Crippen molar-refractivity contribution in [1.82, 2.24) is 29.1 Å². The van der Waals surface area contributed by atoms with Crippen LogP contribution < -0.4 is 0 Å². The van der Waals surface area contributed by atoms with Gasteiger partial charge >= 0.3 is 0 Å². The SMILES string of the molecule is Cc1ccc(-n2ccnc2-c2cnn3c(C)cc(C)nc23)cn1. The molecule has 0 bridgehead atoms. The topological polar surface area (TPSA) is 60.9 Å². The van der Waals surface area contributed by atoms with Crippen molar-refractivity contribution in [1.29, 1.82) is 0 Å². The predicted octanol–water partition coefficient (Wildman–Crippen LogP) is 2.90. The lowest BCUT2D eigenvalue weighted by Gasteiger charge is -2.07. The number of hydrogen-bond donors (Lipinski definition) is 0. The largest absolute Gasteiger partial charge is 0.298 e. The van der Waals surface area contributed by atoms with Crippen LogP contribution in [0.1, 0.15) is 17.1 Å². The van der Waals surface area contributed by atoms with Crippen molar-refractivity contribution >= 4 is 5.65 Å². The molecule has 0 spiro atoms. The quantitative estimate of drug-likeness (QED) is 0.571. The molecular weight excluding hydrogens is 288 g/mol. The summed E-state index contributed by atoms with van der Waals surface area (Å²) in [7, 11) is 0. The summed E-state index contributed by atoms with van der Waals surface area (Å²) in [6, 6.07) is 6.03. The molecule has 0 amide bonds. The fourth-order valence-electron chi connectivity index (χ4n) is 2.74. The lowest BCUT2D eigenvalue weighted by Crippen LogP contribution is -2.00. The van der Waals surface area contributed by atoms with Crippen LogP contribution in [-0.2, 0) is 0 Å². The summed E-state index contributed by atoms with van der Waals surface area (Å²) < 4.78 is 3.84. The second-order valence-corrected chi connectivity index (χ2v) is 5.61. The number of imidazole rings is 1. The molecule has 23 heavy (non-hydrogen) atoms. The van der Waals surface area contributed by atoms with Crippen molar-refractivity contribution in [2.75, 3.05) is 0 Å². The Labute approximate surface area is 133 Å². The van der Waals surface area contributed by atoms with Crippen LogP contribution in [-0.4, -0.2) is 29.1 Å². The minimum absolute atomic E-state index is 0.808. The van der Waals surface area contributed by atoms with Crippen LogP contribution in [0.2, 0.25) is 0 Å². The number of rotatable bonds is 2. The van der Waals surface area contributed by atoms with E-state index in [1.54, 1.807) is 6.20 Å². The van der Waals surface area contributed by atoms with Gasteiger partial charge in [-0.3, -0.25) is 9.55 Å². The normalized spacial score (nSPS) is 11.3. The molecule has 4 heterocycles. The molecule has 0 saturated carbocycles. The minimum Gasteiger partial charge on any atom is -0.298 e. The van der Waals surface area contributed by atoms with E-state index in [2.05, 4.69) is 20.1 Å². The van der Waals surface area contributed by atoms with Crippen LogP contribution in [0.4, 0.5) is 0 Å². The highest BCUT2D eigenvalue weighted by atomic mass is 15.3. The van der Waals surface area contributed by atoms with Gasteiger partial charge in [-0.25, -0.2) is 14.5 Å². The maximum Gasteiger partial charge on any atom is 0.166 e. The standard InChI is InChI=1S/C17H16N6/c1-11-4-5-14(9-19-11)22-7-6-18-16(22)15-10-20-23-13(3)8-12(2)21-17(15)23/h4-10H,1-3H3. The van der Waals surface area contributed by atoms with E-state index >= 15 is 0 Å². The molecule has 0 saturated heterocycles. The molecule has 0 aliphatic carbocycles. The number of aryl methyl sites for hydroxylation is 3. The van der Waals surface area contributed by atoms with E-state index in [0.29, 0.717) is 0 Å². The first kappa shape index (κ1) is 13.6. The molecule has 4 aromatic rings. The zero-order chi connectivity index (χ0) is 16.0. The highest BCUT2D eigenvalue weighted by Crippen LogP contribution is 2.25. The van der Waals surface area contributed by atoms with Gasteiger partial charge in [-0.05, 0) is 39.0 Å². The Morgan fingerprint density at radius 1 is 0.957 bits per heavy atom. The van der Waals surface area contributed by atoms with Crippen LogP contribution >= 0.6 is 0 Å². The first-order chi connectivity index (χ1) is 11.1. The first-order valence-electron chi connectivity index (χ1n) is 7.42.